The fourth-order valence-corrected chi connectivity index (χ4v) is 2.66. The van der Waals surface area contributed by atoms with E-state index in [0.717, 1.165) is 30.8 Å². The van der Waals surface area contributed by atoms with Crippen molar-refractivity contribution in [2.45, 2.75) is 26.7 Å². The fourth-order valence-electron chi connectivity index (χ4n) is 2.66. The van der Waals surface area contributed by atoms with Gasteiger partial charge in [-0.25, -0.2) is 9.97 Å². The molecule has 0 bridgehead atoms. The lowest BCUT2D eigenvalue weighted by Crippen LogP contribution is -2.26. The van der Waals surface area contributed by atoms with Gasteiger partial charge in [-0.1, -0.05) is 25.1 Å². The van der Waals surface area contributed by atoms with Gasteiger partial charge >= 0.3 is 0 Å². The highest BCUT2D eigenvalue weighted by atomic mass is 16.1. The van der Waals surface area contributed by atoms with E-state index < -0.39 is 0 Å². The van der Waals surface area contributed by atoms with Crippen LogP contribution in [-0.4, -0.2) is 29.0 Å². The molecule has 1 aromatic carbocycles. The molecule has 5 nitrogen and oxygen atoms in total. The van der Waals surface area contributed by atoms with Crippen LogP contribution >= 0.6 is 0 Å². The van der Waals surface area contributed by atoms with Crippen molar-refractivity contribution < 1.29 is 4.79 Å². The summed E-state index contributed by atoms with van der Waals surface area (Å²) in [6.07, 6.45) is 1.88. The van der Waals surface area contributed by atoms with Crippen LogP contribution in [0.15, 0.2) is 30.3 Å². The molecule has 1 amide bonds. The van der Waals surface area contributed by atoms with Gasteiger partial charge in [0.2, 0.25) is 5.95 Å². The molecule has 1 aromatic heterocycles. The number of anilines is 2. The number of hydrogen-bond acceptors (Lipinski definition) is 4. The van der Waals surface area contributed by atoms with E-state index >= 15 is 0 Å². The van der Waals surface area contributed by atoms with Crippen molar-refractivity contribution >= 4 is 17.5 Å². The minimum absolute atomic E-state index is 0.138. The van der Waals surface area contributed by atoms with Crippen molar-refractivity contribution in [3.8, 4) is 0 Å². The van der Waals surface area contributed by atoms with Crippen molar-refractivity contribution in [1.82, 2.24) is 15.3 Å². The molecule has 0 atom stereocenters. The minimum Gasteiger partial charge on any atom is -0.351 e. The second-order valence-electron chi connectivity index (χ2n) is 5.48. The van der Waals surface area contributed by atoms with Gasteiger partial charge in [0.25, 0.3) is 5.91 Å². The average Bonchev–Trinajstić information content (AvgIpc) is 2.96. The number of benzene rings is 1. The van der Waals surface area contributed by atoms with Crippen LogP contribution < -0.4 is 10.2 Å². The zero-order valence-electron chi connectivity index (χ0n) is 13.0. The second-order valence-corrected chi connectivity index (χ2v) is 5.48. The molecule has 3 rings (SSSR count). The summed E-state index contributed by atoms with van der Waals surface area (Å²) in [5.74, 6) is 0.465. The van der Waals surface area contributed by atoms with Crippen LogP contribution in [-0.2, 0) is 6.42 Å². The summed E-state index contributed by atoms with van der Waals surface area (Å²) in [5, 5.41) is 2.87. The first-order valence-electron chi connectivity index (χ1n) is 7.68. The van der Waals surface area contributed by atoms with Gasteiger partial charge < -0.3 is 10.2 Å². The molecule has 0 unspecified atom stereocenters. The zero-order chi connectivity index (χ0) is 15.5. The van der Waals surface area contributed by atoms with Gasteiger partial charge in [0.15, 0.2) is 0 Å². The number of rotatable bonds is 4. The van der Waals surface area contributed by atoms with Crippen molar-refractivity contribution in [2.75, 3.05) is 18.0 Å². The summed E-state index contributed by atoms with van der Waals surface area (Å²) in [6.45, 7) is 5.42. The van der Waals surface area contributed by atoms with Crippen LogP contribution in [0.25, 0.3) is 0 Å². The molecule has 22 heavy (non-hydrogen) atoms. The average molecular weight is 296 g/mol. The lowest BCUT2D eigenvalue weighted by atomic mass is 10.2. The molecule has 1 aliphatic rings. The number of aryl methyl sites for hydroxylation is 1. The highest BCUT2D eigenvalue weighted by molar-refractivity contribution is 5.92. The Morgan fingerprint density at radius 1 is 1.32 bits per heavy atom. The number of aromatic nitrogens is 2. The molecule has 0 fully saturated rings. The van der Waals surface area contributed by atoms with E-state index in [1.54, 1.807) is 6.07 Å². The lowest BCUT2D eigenvalue weighted by molar-refractivity contribution is 0.0948. The first kappa shape index (κ1) is 14.5. The number of carbonyl (C=O) groups excluding carboxylic acids is 1. The maximum absolute atomic E-state index is 12.1. The molecule has 0 saturated heterocycles. The van der Waals surface area contributed by atoms with Gasteiger partial charge in [-0.05, 0) is 37.5 Å². The second kappa shape index (κ2) is 6.13. The molecule has 0 spiro atoms. The van der Waals surface area contributed by atoms with Crippen LogP contribution in [0.4, 0.5) is 11.6 Å². The number of fused-ring (bicyclic) bond motifs is 1. The van der Waals surface area contributed by atoms with Crippen molar-refractivity contribution in [1.29, 1.82) is 0 Å². The van der Waals surface area contributed by atoms with Crippen LogP contribution in [0.2, 0.25) is 0 Å². The molecule has 0 saturated carbocycles. The normalized spacial score (nSPS) is 13.1. The largest absolute Gasteiger partial charge is 0.351 e. The summed E-state index contributed by atoms with van der Waals surface area (Å²) in [4.78, 5) is 23.2. The summed E-state index contributed by atoms with van der Waals surface area (Å²) >= 11 is 0. The summed E-state index contributed by atoms with van der Waals surface area (Å²) < 4.78 is 0. The van der Waals surface area contributed by atoms with E-state index in [1.165, 1.54) is 5.56 Å². The number of nitrogens with zero attached hydrogens (tertiary/aromatic N) is 3. The molecule has 2 heterocycles. The van der Waals surface area contributed by atoms with Crippen molar-refractivity contribution in [2.24, 2.45) is 0 Å². The van der Waals surface area contributed by atoms with E-state index in [9.17, 15) is 4.79 Å². The first-order valence-corrected chi connectivity index (χ1v) is 7.68. The molecule has 5 heteroatoms. The third-order valence-electron chi connectivity index (χ3n) is 3.74. The highest BCUT2D eigenvalue weighted by Crippen LogP contribution is 2.32. The predicted molar refractivity (Wildman–Crippen MR) is 86.5 cm³/mol. The Bertz CT molecular complexity index is 699. The first-order chi connectivity index (χ1) is 10.7. The third-order valence-corrected chi connectivity index (χ3v) is 3.74. The minimum atomic E-state index is -0.138. The smallest absolute Gasteiger partial charge is 0.270 e. The number of hydrogen-bond donors (Lipinski definition) is 1. The fraction of sp³-hybridized carbons (Fsp3) is 0.353. The molecule has 1 aliphatic heterocycles. The number of nitrogens with one attached hydrogen (secondary N) is 1. The zero-order valence-corrected chi connectivity index (χ0v) is 13.0. The molecule has 1 N–H and O–H groups in total. The number of amides is 1. The van der Waals surface area contributed by atoms with Gasteiger partial charge in [-0.3, -0.25) is 4.79 Å². The molecule has 0 aliphatic carbocycles. The molecule has 114 valence electrons. The Hall–Kier alpha value is -2.43. The number of carbonyl (C=O) groups is 1. The van der Waals surface area contributed by atoms with Gasteiger partial charge in [0.1, 0.15) is 5.69 Å². The number of para-hydroxylation sites is 1. The molecular formula is C17H20N4O. The van der Waals surface area contributed by atoms with E-state index in [4.69, 9.17) is 0 Å². The van der Waals surface area contributed by atoms with Gasteiger partial charge in [-0.2, -0.15) is 0 Å². The predicted octanol–water partition coefficient (Wildman–Crippen LogP) is 2.62. The standard InChI is InChI=1S/C17H20N4O/c1-3-9-18-16(22)14-11-12(2)19-17(20-14)21-10-8-13-6-4-5-7-15(13)21/h4-7,11H,3,8-10H2,1-2H3,(H,18,22). The maximum Gasteiger partial charge on any atom is 0.270 e. The Labute approximate surface area is 130 Å². The lowest BCUT2D eigenvalue weighted by Gasteiger charge is -2.18. The van der Waals surface area contributed by atoms with E-state index in [-0.39, 0.29) is 5.91 Å². The summed E-state index contributed by atoms with van der Waals surface area (Å²) in [7, 11) is 0. The van der Waals surface area contributed by atoms with Gasteiger partial charge in [0, 0.05) is 24.5 Å². The Morgan fingerprint density at radius 2 is 2.14 bits per heavy atom. The molecule has 0 radical (unpaired) electrons. The van der Waals surface area contributed by atoms with Crippen LogP contribution in [0, 0.1) is 6.92 Å². The van der Waals surface area contributed by atoms with Gasteiger partial charge in [0.05, 0.1) is 0 Å². The maximum atomic E-state index is 12.1. The molecular weight excluding hydrogens is 276 g/mol. The Balaban J connectivity index is 1.92. The monoisotopic (exact) mass is 296 g/mol. The third kappa shape index (κ3) is 2.79. The van der Waals surface area contributed by atoms with E-state index in [1.807, 2.05) is 26.0 Å². The Morgan fingerprint density at radius 3 is 2.95 bits per heavy atom. The van der Waals surface area contributed by atoms with Crippen LogP contribution in [0.3, 0.4) is 0 Å². The Kier molecular flexibility index (Phi) is 4.04. The quantitative estimate of drug-likeness (QED) is 0.942. The summed E-state index contributed by atoms with van der Waals surface area (Å²) in [6, 6.07) is 9.99. The van der Waals surface area contributed by atoms with E-state index in [0.29, 0.717) is 18.2 Å². The van der Waals surface area contributed by atoms with Crippen LogP contribution in [0.1, 0.15) is 35.1 Å². The van der Waals surface area contributed by atoms with Crippen molar-refractivity contribution in [3.05, 3.63) is 47.3 Å². The summed E-state index contributed by atoms with van der Waals surface area (Å²) in [5.41, 5.74) is 3.66. The van der Waals surface area contributed by atoms with E-state index in [2.05, 4.69) is 32.3 Å². The SMILES string of the molecule is CCCNC(=O)c1cc(C)nc(N2CCc3ccccc32)n1. The van der Waals surface area contributed by atoms with Gasteiger partial charge in [-0.15, -0.1) is 0 Å². The van der Waals surface area contributed by atoms with Crippen LogP contribution in [0.5, 0.6) is 0 Å². The van der Waals surface area contributed by atoms with Crippen molar-refractivity contribution in [3.63, 3.8) is 0 Å². The highest BCUT2D eigenvalue weighted by Gasteiger charge is 2.23. The topological polar surface area (TPSA) is 58.1 Å². The molecule has 2 aromatic rings.